The fraction of sp³-hybridized carbons (Fsp3) is 0.704. The average molecular weight is 558 g/mol. The Morgan fingerprint density at radius 2 is 1.89 bits per heavy atom. The van der Waals surface area contributed by atoms with Crippen LogP contribution < -0.4 is 9.47 Å². The summed E-state index contributed by atoms with van der Waals surface area (Å²) in [5, 5.41) is 8.94. The second kappa shape index (κ2) is 13.3. The third-order valence-electron chi connectivity index (χ3n) is 7.06. The molecule has 0 radical (unpaired) electrons. The van der Waals surface area contributed by atoms with Crippen LogP contribution >= 0.6 is 11.8 Å². The molecule has 37 heavy (non-hydrogen) atoms. The number of hydrogen-bond donors (Lipinski definition) is 1. The molecule has 3 aliphatic heterocycles. The number of carbonyl (C=O) groups excluding carboxylic acids is 1. The minimum Gasteiger partial charge on any atom is -0.480 e. The molecule has 1 aromatic carbocycles. The Morgan fingerprint density at radius 3 is 2.57 bits per heavy atom. The Balaban J connectivity index is 0.000000220. The monoisotopic (exact) mass is 557 g/mol. The maximum atomic E-state index is 12.5. The lowest BCUT2D eigenvalue weighted by Gasteiger charge is -2.42. The average Bonchev–Trinajstić information content (AvgIpc) is 3.41. The van der Waals surface area contributed by atoms with Crippen LogP contribution in [0.5, 0.6) is 11.5 Å². The third kappa shape index (κ3) is 7.19. The van der Waals surface area contributed by atoms with Crippen molar-refractivity contribution >= 4 is 34.4 Å². The van der Waals surface area contributed by atoms with Crippen LogP contribution in [0.25, 0.3) is 0 Å². The first-order valence-corrected chi connectivity index (χ1v) is 15.4. The molecule has 2 saturated heterocycles. The number of thioether (sulfide) groups is 1. The largest absolute Gasteiger partial charge is 0.480 e. The lowest BCUT2D eigenvalue weighted by Crippen LogP contribution is -2.63. The van der Waals surface area contributed by atoms with Crippen LogP contribution in [0.4, 0.5) is 4.39 Å². The molecule has 1 aromatic rings. The normalized spacial score (nSPS) is 24.5. The Hall–Kier alpha value is -1.81. The number of fused-ring (bicyclic) bond motifs is 2. The van der Waals surface area contributed by atoms with Gasteiger partial charge in [-0.05, 0) is 44.4 Å². The van der Waals surface area contributed by atoms with Crippen LogP contribution in [-0.4, -0.2) is 66.7 Å². The topological polar surface area (TPSA) is 93.1 Å². The molecular formula is C27H40FNO6S2. The number of ether oxygens (including phenoxy) is 2. The van der Waals surface area contributed by atoms with Gasteiger partial charge in [-0.2, -0.15) is 0 Å². The zero-order valence-electron chi connectivity index (χ0n) is 22.2. The van der Waals surface area contributed by atoms with Crippen LogP contribution in [0.15, 0.2) is 18.2 Å². The highest BCUT2D eigenvalue weighted by atomic mass is 32.2. The quantitative estimate of drug-likeness (QED) is 0.280. The van der Waals surface area contributed by atoms with E-state index in [2.05, 4.69) is 13.8 Å². The van der Waals surface area contributed by atoms with E-state index in [0.717, 1.165) is 30.1 Å². The summed E-state index contributed by atoms with van der Waals surface area (Å²) in [6.45, 7) is 7.47. The van der Waals surface area contributed by atoms with E-state index in [0.29, 0.717) is 6.79 Å². The van der Waals surface area contributed by atoms with Gasteiger partial charge in [0.05, 0.1) is 11.3 Å². The van der Waals surface area contributed by atoms with Crippen LogP contribution in [0.1, 0.15) is 71.8 Å². The zero-order valence-corrected chi connectivity index (χ0v) is 23.9. The van der Waals surface area contributed by atoms with Crippen LogP contribution in [-0.2, 0) is 26.8 Å². The standard InChI is InChI=1S/C18H28O3S.C9H12FNO3S/c1-3-4-5-6-7-8-11-22(19)15(2)12-16-9-10-17-18(13-16)21-14-20-17;1-9(2)5(8(13)14)11-6(12)4(3-10)7(11)15-9/h9-10,13,15H,3-8,11-12,14H2,1-2H3;4-5,7H,3H2,1-2H3,(H,13,14)/t;4-,5+,7-/m.1/s1. The second-order valence-corrected chi connectivity index (χ2v) is 14.2. The van der Waals surface area contributed by atoms with Crippen molar-refractivity contribution in [1.82, 2.24) is 4.90 Å². The minimum atomic E-state index is -1.01. The Bertz CT molecular complexity index is 974. The van der Waals surface area contributed by atoms with E-state index in [1.165, 1.54) is 54.3 Å². The Kier molecular flexibility index (Phi) is 10.7. The molecule has 7 nitrogen and oxygen atoms in total. The van der Waals surface area contributed by atoms with Gasteiger partial charge in [-0.25, -0.2) is 4.79 Å². The van der Waals surface area contributed by atoms with Crippen molar-refractivity contribution in [3.05, 3.63) is 23.8 Å². The van der Waals surface area contributed by atoms with Crippen molar-refractivity contribution in [2.75, 3.05) is 19.2 Å². The maximum Gasteiger partial charge on any atom is 0.327 e. The number of rotatable bonds is 12. The molecule has 1 amide bonds. The Morgan fingerprint density at radius 1 is 1.22 bits per heavy atom. The van der Waals surface area contributed by atoms with Gasteiger partial charge in [0.15, 0.2) is 11.5 Å². The third-order valence-corrected chi connectivity index (χ3v) is 10.4. The number of amides is 1. The van der Waals surface area contributed by atoms with E-state index in [1.807, 2.05) is 18.2 Å². The van der Waals surface area contributed by atoms with Crippen molar-refractivity contribution in [3.63, 3.8) is 0 Å². The number of carboxylic acid groups (broad SMARTS) is 1. The molecule has 0 bridgehead atoms. The fourth-order valence-electron chi connectivity index (χ4n) is 4.95. The summed E-state index contributed by atoms with van der Waals surface area (Å²) >= 11 is 1.37. The summed E-state index contributed by atoms with van der Waals surface area (Å²) in [5.74, 6) is 0.431. The Labute approximate surface area is 226 Å². The van der Waals surface area contributed by atoms with Gasteiger partial charge < -0.3 is 19.5 Å². The zero-order chi connectivity index (χ0) is 27.2. The highest BCUT2D eigenvalue weighted by Gasteiger charge is 2.63. The number of halogens is 1. The van der Waals surface area contributed by atoms with E-state index in [9.17, 15) is 18.2 Å². The molecule has 5 atom stereocenters. The molecule has 4 rings (SSSR count). The number of nitrogens with zero attached hydrogens (tertiary/aromatic N) is 1. The molecule has 3 aliphatic rings. The number of alkyl halides is 1. The van der Waals surface area contributed by atoms with Gasteiger partial charge in [-0.1, -0.05) is 52.0 Å². The maximum absolute atomic E-state index is 12.5. The first-order valence-electron chi connectivity index (χ1n) is 13.1. The molecular weight excluding hydrogens is 517 g/mol. The minimum absolute atomic E-state index is 0.191. The number of hydrogen-bond acceptors (Lipinski definition) is 6. The van der Waals surface area contributed by atoms with Crippen molar-refractivity contribution in [2.45, 2.75) is 94.1 Å². The lowest BCUT2D eigenvalue weighted by atomic mass is 9.93. The van der Waals surface area contributed by atoms with Crippen LogP contribution in [0, 0.1) is 5.92 Å². The SMILES string of the molecule is CC1(C)S[C@@H]2[C@H](CF)C(=O)N2[C@H]1C(=O)O.CCCCCCCCS(=O)C(C)Cc1ccc2c(c1)OCO2. The molecule has 0 saturated carbocycles. The van der Waals surface area contributed by atoms with Crippen molar-refractivity contribution < 1.29 is 32.8 Å². The van der Waals surface area contributed by atoms with E-state index < -0.39 is 40.2 Å². The molecule has 0 aromatic heterocycles. The molecule has 3 heterocycles. The number of carboxylic acids is 1. The summed E-state index contributed by atoms with van der Waals surface area (Å²) in [4.78, 5) is 23.8. The summed E-state index contributed by atoms with van der Waals surface area (Å²) in [6, 6.07) is 5.18. The van der Waals surface area contributed by atoms with Gasteiger partial charge in [0.2, 0.25) is 12.7 Å². The van der Waals surface area contributed by atoms with Crippen molar-refractivity contribution in [2.24, 2.45) is 5.92 Å². The fourth-order valence-corrected chi connectivity index (χ4v) is 7.88. The molecule has 2 unspecified atom stereocenters. The number of aliphatic carboxylic acids is 1. The lowest BCUT2D eigenvalue weighted by molar-refractivity contribution is -0.164. The number of carbonyl (C=O) groups is 2. The van der Waals surface area contributed by atoms with Gasteiger partial charge in [0, 0.05) is 26.5 Å². The predicted molar refractivity (Wildman–Crippen MR) is 145 cm³/mol. The van der Waals surface area contributed by atoms with Gasteiger partial charge in [-0.15, -0.1) is 11.8 Å². The highest BCUT2D eigenvalue weighted by molar-refractivity contribution is 8.01. The smallest absolute Gasteiger partial charge is 0.327 e. The van der Waals surface area contributed by atoms with E-state index in [1.54, 1.807) is 13.8 Å². The van der Waals surface area contributed by atoms with Gasteiger partial charge in [-0.3, -0.25) is 13.4 Å². The van der Waals surface area contributed by atoms with E-state index in [-0.39, 0.29) is 16.5 Å². The second-order valence-electron chi connectivity index (χ2n) is 10.4. The molecule has 208 valence electrons. The summed E-state index contributed by atoms with van der Waals surface area (Å²) < 4.78 is 35.0. The van der Waals surface area contributed by atoms with E-state index in [4.69, 9.17) is 14.6 Å². The first-order chi connectivity index (χ1) is 17.6. The number of unbranched alkanes of at least 4 members (excludes halogenated alkanes) is 5. The van der Waals surface area contributed by atoms with Gasteiger partial charge in [0.1, 0.15) is 12.7 Å². The molecule has 2 fully saturated rings. The van der Waals surface area contributed by atoms with Crippen LogP contribution in [0.2, 0.25) is 0 Å². The number of β-lactam (4-membered cyclic amide) rings is 1. The van der Waals surface area contributed by atoms with Crippen molar-refractivity contribution in [3.8, 4) is 11.5 Å². The number of benzene rings is 1. The predicted octanol–water partition coefficient (Wildman–Crippen LogP) is 5.17. The molecule has 10 heteroatoms. The summed E-state index contributed by atoms with van der Waals surface area (Å²) in [5.41, 5.74) is 1.17. The summed E-state index contributed by atoms with van der Waals surface area (Å²) in [6.07, 6.45) is 8.32. The van der Waals surface area contributed by atoms with Gasteiger partial charge >= 0.3 is 5.97 Å². The van der Waals surface area contributed by atoms with Gasteiger partial charge in [0.25, 0.3) is 0 Å². The van der Waals surface area contributed by atoms with E-state index >= 15 is 0 Å². The molecule has 1 N–H and O–H groups in total. The first kappa shape index (κ1) is 29.7. The summed E-state index contributed by atoms with van der Waals surface area (Å²) in [7, 11) is -0.743. The van der Waals surface area contributed by atoms with Crippen LogP contribution in [0.3, 0.4) is 0 Å². The van der Waals surface area contributed by atoms with Crippen molar-refractivity contribution in [1.29, 1.82) is 0 Å². The molecule has 0 spiro atoms. The highest BCUT2D eigenvalue weighted by Crippen LogP contribution is 2.53. The molecule has 0 aliphatic carbocycles.